The van der Waals surface area contributed by atoms with E-state index in [0.717, 1.165) is 0 Å². The van der Waals surface area contributed by atoms with Gasteiger partial charge in [-0.05, 0) is 12.1 Å². The average molecular weight is 245 g/mol. The zero-order valence-corrected chi connectivity index (χ0v) is 7.59. The summed E-state index contributed by atoms with van der Waals surface area (Å²) < 4.78 is 61.2. The van der Waals surface area contributed by atoms with Crippen LogP contribution in [0.15, 0.2) is 12.1 Å². The molecule has 1 rings (SSSR count). The number of carbonyl (C=O) groups excluding carboxylic acids is 1. The first-order chi connectivity index (χ1) is 6.75. The van der Waals surface area contributed by atoms with Crippen molar-refractivity contribution in [2.45, 2.75) is 6.18 Å². The van der Waals surface area contributed by atoms with Crippen LogP contribution in [0.1, 0.15) is 10.4 Å². The summed E-state index contributed by atoms with van der Waals surface area (Å²) in [6.07, 6.45) is -5.22. The zero-order chi connectivity index (χ0) is 11.8. The summed E-state index contributed by atoms with van der Waals surface area (Å²) in [5.74, 6) is -5.34. The quantitative estimate of drug-likeness (QED) is 0.421. The van der Waals surface area contributed by atoms with Crippen LogP contribution in [-0.4, -0.2) is 12.0 Å². The van der Waals surface area contributed by atoms with Crippen molar-refractivity contribution in [3.05, 3.63) is 34.4 Å². The minimum absolute atomic E-state index is 0.395. The number of hydrogen-bond acceptors (Lipinski definition) is 1. The van der Waals surface area contributed by atoms with Crippen LogP contribution in [0.2, 0.25) is 5.02 Å². The molecule has 0 aromatic heterocycles. The van der Waals surface area contributed by atoms with Crippen LogP contribution >= 0.6 is 11.6 Å². The molecule has 7 heteroatoms. The van der Waals surface area contributed by atoms with E-state index in [0.29, 0.717) is 12.1 Å². The van der Waals surface area contributed by atoms with E-state index < -0.39 is 34.2 Å². The van der Waals surface area contributed by atoms with Gasteiger partial charge in [-0.25, -0.2) is 8.78 Å². The molecule has 0 saturated carbocycles. The Balaban J connectivity index is 3.29. The molecule has 1 aromatic rings. The highest BCUT2D eigenvalue weighted by atomic mass is 35.5. The Hall–Kier alpha value is -1.17. The second-order valence-electron chi connectivity index (χ2n) is 2.55. The van der Waals surface area contributed by atoms with Gasteiger partial charge in [-0.3, -0.25) is 4.79 Å². The number of rotatable bonds is 1. The van der Waals surface area contributed by atoms with Crippen LogP contribution in [0.4, 0.5) is 22.0 Å². The SMILES string of the molecule is O=C(c1ccc(F)c(Cl)c1F)C(F)(F)F. The summed E-state index contributed by atoms with van der Waals surface area (Å²) in [7, 11) is 0. The zero-order valence-electron chi connectivity index (χ0n) is 6.83. The van der Waals surface area contributed by atoms with Gasteiger partial charge >= 0.3 is 6.18 Å². The fraction of sp³-hybridized carbons (Fsp3) is 0.125. The van der Waals surface area contributed by atoms with Gasteiger partial charge < -0.3 is 0 Å². The van der Waals surface area contributed by atoms with Crippen LogP contribution in [0.3, 0.4) is 0 Å². The van der Waals surface area contributed by atoms with Gasteiger partial charge in [0.15, 0.2) is 5.82 Å². The molecule has 0 atom stereocenters. The Bertz CT molecular complexity index is 412. The van der Waals surface area contributed by atoms with Crippen LogP contribution in [-0.2, 0) is 0 Å². The fourth-order valence-electron chi connectivity index (χ4n) is 0.854. The fourth-order valence-corrected chi connectivity index (χ4v) is 1.02. The monoisotopic (exact) mass is 244 g/mol. The molecule has 0 aliphatic carbocycles. The molecule has 0 N–H and O–H groups in total. The van der Waals surface area contributed by atoms with Gasteiger partial charge in [0.25, 0.3) is 5.78 Å². The maximum Gasteiger partial charge on any atom is 0.454 e. The van der Waals surface area contributed by atoms with E-state index in [2.05, 4.69) is 0 Å². The van der Waals surface area contributed by atoms with E-state index in [-0.39, 0.29) is 0 Å². The molecule has 0 spiro atoms. The number of halogens is 6. The molecule has 0 heterocycles. The van der Waals surface area contributed by atoms with Crippen molar-refractivity contribution in [1.29, 1.82) is 0 Å². The van der Waals surface area contributed by atoms with Crippen LogP contribution in [0.5, 0.6) is 0 Å². The van der Waals surface area contributed by atoms with E-state index in [4.69, 9.17) is 11.6 Å². The normalized spacial score (nSPS) is 11.6. The van der Waals surface area contributed by atoms with E-state index >= 15 is 0 Å². The molecule has 0 aliphatic rings. The summed E-state index contributed by atoms with van der Waals surface area (Å²) in [6, 6.07) is 0.886. The maximum atomic E-state index is 13.0. The molecule has 0 aliphatic heterocycles. The number of alkyl halides is 3. The predicted octanol–water partition coefficient (Wildman–Crippen LogP) is 3.36. The Morgan fingerprint density at radius 3 is 2.20 bits per heavy atom. The lowest BCUT2D eigenvalue weighted by Crippen LogP contribution is -2.24. The Labute approximate surface area is 85.5 Å². The number of ketones is 1. The molecule has 82 valence electrons. The van der Waals surface area contributed by atoms with Crippen molar-refractivity contribution in [2.75, 3.05) is 0 Å². The van der Waals surface area contributed by atoms with Gasteiger partial charge in [-0.1, -0.05) is 11.6 Å². The van der Waals surface area contributed by atoms with E-state index in [1.54, 1.807) is 0 Å². The largest absolute Gasteiger partial charge is 0.454 e. The number of benzene rings is 1. The third kappa shape index (κ3) is 2.26. The van der Waals surface area contributed by atoms with Gasteiger partial charge in [0.2, 0.25) is 0 Å². The van der Waals surface area contributed by atoms with Gasteiger partial charge in [-0.2, -0.15) is 13.2 Å². The second-order valence-corrected chi connectivity index (χ2v) is 2.93. The number of hydrogen-bond donors (Lipinski definition) is 0. The van der Waals surface area contributed by atoms with E-state index in [1.807, 2.05) is 0 Å². The highest BCUT2D eigenvalue weighted by molar-refractivity contribution is 6.31. The lowest BCUT2D eigenvalue weighted by atomic mass is 10.1. The topological polar surface area (TPSA) is 17.1 Å². The van der Waals surface area contributed by atoms with Gasteiger partial charge in [0.1, 0.15) is 10.8 Å². The van der Waals surface area contributed by atoms with Crippen molar-refractivity contribution < 1.29 is 26.7 Å². The van der Waals surface area contributed by atoms with Crippen LogP contribution < -0.4 is 0 Å². The molecule has 0 radical (unpaired) electrons. The molecule has 0 unspecified atom stereocenters. The third-order valence-corrected chi connectivity index (χ3v) is 1.88. The van der Waals surface area contributed by atoms with Gasteiger partial charge in [0.05, 0.1) is 5.56 Å². The second kappa shape index (κ2) is 3.77. The first-order valence-corrected chi connectivity index (χ1v) is 3.88. The van der Waals surface area contributed by atoms with E-state index in [9.17, 15) is 26.7 Å². The molecule has 0 saturated heterocycles. The molecule has 1 nitrogen and oxygen atoms in total. The molecular formula is C8H2ClF5O. The molecule has 15 heavy (non-hydrogen) atoms. The minimum Gasteiger partial charge on any atom is -0.284 e. The van der Waals surface area contributed by atoms with Crippen LogP contribution in [0.25, 0.3) is 0 Å². The van der Waals surface area contributed by atoms with Gasteiger partial charge in [0, 0.05) is 0 Å². The summed E-state index contributed by atoms with van der Waals surface area (Å²) in [5, 5.41) is -1.13. The summed E-state index contributed by atoms with van der Waals surface area (Å²) in [5.41, 5.74) is -1.30. The van der Waals surface area contributed by atoms with Crippen LogP contribution in [0, 0.1) is 11.6 Å². The maximum absolute atomic E-state index is 13.0. The Kier molecular flexibility index (Phi) is 2.99. The number of carbonyl (C=O) groups is 1. The first-order valence-electron chi connectivity index (χ1n) is 3.50. The summed E-state index contributed by atoms with van der Waals surface area (Å²) >= 11 is 5.01. The molecule has 1 aromatic carbocycles. The molecular weight excluding hydrogens is 243 g/mol. The smallest absolute Gasteiger partial charge is 0.284 e. The number of Topliss-reactive ketones (excluding diaryl/α,β-unsaturated/α-hetero) is 1. The summed E-state index contributed by atoms with van der Waals surface area (Å²) in [6.45, 7) is 0. The molecule has 0 bridgehead atoms. The van der Waals surface area contributed by atoms with Crippen molar-refractivity contribution >= 4 is 17.4 Å². The Morgan fingerprint density at radius 2 is 1.73 bits per heavy atom. The standard InChI is InChI=1S/C8H2ClF5O/c9-5-4(10)2-1-3(6(5)11)7(15)8(12,13)14/h1-2H. The Morgan fingerprint density at radius 1 is 1.20 bits per heavy atom. The molecule has 0 fully saturated rings. The van der Waals surface area contributed by atoms with Crippen molar-refractivity contribution in [2.24, 2.45) is 0 Å². The van der Waals surface area contributed by atoms with Crippen molar-refractivity contribution in [3.63, 3.8) is 0 Å². The third-order valence-electron chi connectivity index (χ3n) is 1.54. The predicted molar refractivity (Wildman–Crippen MR) is 41.8 cm³/mol. The average Bonchev–Trinajstić information content (AvgIpc) is 2.12. The lowest BCUT2D eigenvalue weighted by Gasteiger charge is -2.07. The van der Waals surface area contributed by atoms with Crippen molar-refractivity contribution in [1.82, 2.24) is 0 Å². The van der Waals surface area contributed by atoms with E-state index in [1.165, 1.54) is 0 Å². The lowest BCUT2D eigenvalue weighted by molar-refractivity contribution is -0.0887. The molecule has 0 amide bonds. The highest BCUT2D eigenvalue weighted by Crippen LogP contribution is 2.27. The first kappa shape index (κ1) is 11.9. The van der Waals surface area contributed by atoms with Gasteiger partial charge in [-0.15, -0.1) is 0 Å². The highest BCUT2D eigenvalue weighted by Gasteiger charge is 2.41. The summed E-state index contributed by atoms with van der Waals surface area (Å²) in [4.78, 5) is 10.6. The van der Waals surface area contributed by atoms with Crippen molar-refractivity contribution in [3.8, 4) is 0 Å². The minimum atomic E-state index is -5.22.